The molecule has 0 radical (unpaired) electrons. The first-order chi connectivity index (χ1) is 7.65. The lowest BCUT2D eigenvalue weighted by molar-refractivity contribution is 0.956. The number of hydrogen-bond donors (Lipinski definition) is 0. The van der Waals surface area contributed by atoms with Crippen molar-refractivity contribution >= 4 is 34.4 Å². The molecule has 0 aliphatic carbocycles. The minimum atomic E-state index is 0.800. The summed E-state index contributed by atoms with van der Waals surface area (Å²) in [7, 11) is 0. The summed E-state index contributed by atoms with van der Waals surface area (Å²) in [6.07, 6.45) is 3.67. The van der Waals surface area contributed by atoms with Crippen molar-refractivity contribution in [1.29, 1.82) is 0 Å². The van der Waals surface area contributed by atoms with Gasteiger partial charge in [-0.1, -0.05) is 12.1 Å². The van der Waals surface area contributed by atoms with Gasteiger partial charge in [0.1, 0.15) is 0 Å². The molecule has 16 heavy (non-hydrogen) atoms. The maximum atomic E-state index is 4.29. The van der Waals surface area contributed by atoms with Crippen molar-refractivity contribution in [2.24, 2.45) is 0 Å². The van der Waals surface area contributed by atoms with E-state index in [9.17, 15) is 0 Å². The molecule has 0 saturated carbocycles. The average Bonchev–Trinajstić information content (AvgIpc) is 2.27. The zero-order valence-corrected chi connectivity index (χ0v) is 12.0. The molecule has 4 heteroatoms. The molecule has 0 aliphatic heterocycles. The molecular weight excluding hydrogens is 331 g/mol. The molecule has 0 fully saturated rings. The highest BCUT2D eigenvalue weighted by Gasteiger charge is 2.03. The second-order valence-electron chi connectivity index (χ2n) is 3.55. The summed E-state index contributed by atoms with van der Waals surface area (Å²) < 4.78 is 1.06. The van der Waals surface area contributed by atoms with Gasteiger partial charge < -0.3 is 0 Å². The number of aryl methyl sites for hydroxylation is 2. The summed E-state index contributed by atoms with van der Waals surface area (Å²) in [5.41, 5.74) is 2.52. The van der Waals surface area contributed by atoms with Crippen molar-refractivity contribution in [3.63, 3.8) is 0 Å². The Bertz CT molecular complexity index is 497. The van der Waals surface area contributed by atoms with Gasteiger partial charge in [-0.25, -0.2) is 9.97 Å². The molecule has 0 N–H and O–H groups in total. The van der Waals surface area contributed by atoms with E-state index < -0.39 is 0 Å². The third-order valence-electron chi connectivity index (χ3n) is 2.14. The van der Waals surface area contributed by atoms with E-state index in [-0.39, 0.29) is 0 Å². The van der Waals surface area contributed by atoms with Crippen molar-refractivity contribution in [3.8, 4) is 0 Å². The van der Waals surface area contributed by atoms with E-state index in [4.69, 9.17) is 0 Å². The monoisotopic (exact) mass is 342 g/mol. The first kappa shape index (κ1) is 11.9. The highest BCUT2D eigenvalue weighted by Crippen LogP contribution is 2.28. The van der Waals surface area contributed by atoms with Crippen LogP contribution < -0.4 is 0 Å². The van der Waals surface area contributed by atoms with E-state index in [1.165, 1.54) is 16.0 Å². The van der Waals surface area contributed by atoms with Crippen molar-refractivity contribution in [2.45, 2.75) is 23.9 Å². The topological polar surface area (TPSA) is 25.8 Å². The highest BCUT2D eigenvalue weighted by molar-refractivity contribution is 14.1. The SMILES string of the molecule is Cc1ccc(C)c(Sc2ncc(I)cn2)c1. The lowest BCUT2D eigenvalue weighted by atomic mass is 10.2. The summed E-state index contributed by atoms with van der Waals surface area (Å²) in [6, 6.07) is 6.42. The molecule has 1 aromatic heterocycles. The number of aromatic nitrogens is 2. The van der Waals surface area contributed by atoms with Crippen LogP contribution in [0.4, 0.5) is 0 Å². The maximum absolute atomic E-state index is 4.29. The van der Waals surface area contributed by atoms with Crippen LogP contribution in [0.2, 0.25) is 0 Å². The minimum absolute atomic E-state index is 0.800. The number of halogens is 1. The quantitative estimate of drug-likeness (QED) is 0.612. The van der Waals surface area contributed by atoms with Crippen LogP contribution >= 0.6 is 34.4 Å². The van der Waals surface area contributed by atoms with Crippen LogP contribution in [0.25, 0.3) is 0 Å². The van der Waals surface area contributed by atoms with Gasteiger partial charge in [0, 0.05) is 20.9 Å². The summed E-state index contributed by atoms with van der Waals surface area (Å²) in [5.74, 6) is 0. The van der Waals surface area contributed by atoms with E-state index in [1.54, 1.807) is 11.8 Å². The Morgan fingerprint density at radius 3 is 2.50 bits per heavy atom. The summed E-state index contributed by atoms with van der Waals surface area (Å²) in [4.78, 5) is 9.80. The van der Waals surface area contributed by atoms with Gasteiger partial charge in [0.25, 0.3) is 0 Å². The fraction of sp³-hybridized carbons (Fsp3) is 0.167. The van der Waals surface area contributed by atoms with Crippen molar-refractivity contribution in [3.05, 3.63) is 45.3 Å². The number of nitrogens with zero attached hydrogens (tertiary/aromatic N) is 2. The van der Waals surface area contributed by atoms with Gasteiger partial charge in [0.05, 0.1) is 0 Å². The molecule has 1 aromatic carbocycles. The molecule has 0 amide bonds. The summed E-state index contributed by atoms with van der Waals surface area (Å²) in [5, 5.41) is 0.800. The zero-order chi connectivity index (χ0) is 11.5. The van der Waals surface area contributed by atoms with Crippen molar-refractivity contribution in [2.75, 3.05) is 0 Å². The van der Waals surface area contributed by atoms with Crippen LogP contribution in [0.1, 0.15) is 11.1 Å². The molecule has 2 aromatic rings. The van der Waals surface area contributed by atoms with E-state index in [0.717, 1.165) is 8.73 Å². The van der Waals surface area contributed by atoms with Gasteiger partial charge in [-0.2, -0.15) is 0 Å². The zero-order valence-electron chi connectivity index (χ0n) is 9.07. The normalized spacial score (nSPS) is 10.4. The number of hydrogen-bond acceptors (Lipinski definition) is 3. The molecular formula is C12H11IN2S. The fourth-order valence-electron chi connectivity index (χ4n) is 1.27. The molecule has 82 valence electrons. The Labute approximate surface area is 113 Å². The predicted molar refractivity (Wildman–Crippen MR) is 74.8 cm³/mol. The third kappa shape index (κ3) is 2.95. The summed E-state index contributed by atoms with van der Waals surface area (Å²) >= 11 is 3.82. The Morgan fingerprint density at radius 1 is 1.12 bits per heavy atom. The average molecular weight is 342 g/mol. The predicted octanol–water partition coefficient (Wildman–Crippen LogP) is 3.85. The largest absolute Gasteiger partial charge is 0.230 e. The summed E-state index contributed by atoms with van der Waals surface area (Å²) in [6.45, 7) is 4.20. The molecule has 0 bridgehead atoms. The van der Waals surface area contributed by atoms with Crippen LogP contribution in [0, 0.1) is 17.4 Å². The molecule has 0 aliphatic rings. The lowest BCUT2D eigenvalue weighted by Crippen LogP contribution is -1.88. The highest BCUT2D eigenvalue weighted by atomic mass is 127. The first-order valence-corrected chi connectivity index (χ1v) is 6.77. The molecule has 0 saturated heterocycles. The van der Waals surface area contributed by atoms with E-state index in [2.05, 4.69) is 64.6 Å². The van der Waals surface area contributed by atoms with Crippen molar-refractivity contribution in [1.82, 2.24) is 9.97 Å². The van der Waals surface area contributed by atoms with Gasteiger partial charge >= 0.3 is 0 Å². The van der Waals surface area contributed by atoms with Crippen LogP contribution in [-0.4, -0.2) is 9.97 Å². The smallest absolute Gasteiger partial charge is 0.192 e. The van der Waals surface area contributed by atoms with Crippen LogP contribution in [0.3, 0.4) is 0 Å². The molecule has 2 nitrogen and oxygen atoms in total. The Hall–Kier alpha value is -0.620. The van der Waals surface area contributed by atoms with Crippen LogP contribution in [0.15, 0.2) is 40.6 Å². The van der Waals surface area contributed by atoms with Gasteiger partial charge in [-0.3, -0.25) is 0 Å². The molecule has 2 rings (SSSR count). The Kier molecular flexibility index (Phi) is 3.81. The lowest BCUT2D eigenvalue weighted by Gasteiger charge is -2.05. The second-order valence-corrected chi connectivity index (χ2v) is 5.81. The van der Waals surface area contributed by atoms with Gasteiger partial charge in [0.2, 0.25) is 0 Å². The molecule has 0 spiro atoms. The van der Waals surface area contributed by atoms with Gasteiger partial charge in [-0.05, 0) is 65.4 Å². The van der Waals surface area contributed by atoms with E-state index in [1.807, 2.05) is 12.4 Å². The standard InChI is InChI=1S/C12H11IN2S/c1-8-3-4-9(2)11(5-8)16-12-14-6-10(13)7-15-12/h3-7H,1-2H3. The first-order valence-electron chi connectivity index (χ1n) is 4.88. The second kappa shape index (κ2) is 5.14. The molecule has 0 unspecified atom stereocenters. The Balaban J connectivity index is 2.26. The molecule has 0 atom stereocenters. The molecule has 1 heterocycles. The van der Waals surface area contributed by atoms with Crippen LogP contribution in [-0.2, 0) is 0 Å². The number of benzene rings is 1. The van der Waals surface area contributed by atoms with Crippen molar-refractivity contribution < 1.29 is 0 Å². The third-order valence-corrected chi connectivity index (χ3v) is 3.75. The minimum Gasteiger partial charge on any atom is -0.230 e. The number of rotatable bonds is 2. The van der Waals surface area contributed by atoms with E-state index >= 15 is 0 Å². The maximum Gasteiger partial charge on any atom is 0.192 e. The fourth-order valence-corrected chi connectivity index (χ4v) is 2.43. The van der Waals surface area contributed by atoms with Gasteiger partial charge in [-0.15, -0.1) is 0 Å². The van der Waals surface area contributed by atoms with Gasteiger partial charge in [0.15, 0.2) is 5.16 Å². The van der Waals surface area contributed by atoms with Crippen LogP contribution in [0.5, 0.6) is 0 Å². The Morgan fingerprint density at radius 2 is 1.81 bits per heavy atom. The van der Waals surface area contributed by atoms with E-state index in [0.29, 0.717) is 0 Å².